The zero-order valence-corrected chi connectivity index (χ0v) is 11.5. The molecule has 3 nitrogen and oxygen atoms in total. The minimum atomic E-state index is 0.684. The Bertz CT molecular complexity index is 517. The second-order valence-corrected chi connectivity index (χ2v) is 6.20. The first-order valence-corrected chi connectivity index (χ1v) is 7.18. The van der Waals surface area contributed by atoms with Gasteiger partial charge in [0.15, 0.2) is 0 Å². The summed E-state index contributed by atoms with van der Waals surface area (Å²) in [5, 5.41) is 9.00. The fourth-order valence-corrected chi connectivity index (χ4v) is 3.99. The Kier molecular flexibility index (Phi) is 3.10. The van der Waals surface area contributed by atoms with Crippen LogP contribution in [-0.2, 0) is 0 Å². The Morgan fingerprint density at radius 2 is 2.21 bits per heavy atom. The number of hydrogen-bond acceptors (Lipinski definition) is 3. The Morgan fingerprint density at radius 1 is 1.37 bits per heavy atom. The summed E-state index contributed by atoms with van der Waals surface area (Å²) in [4.78, 5) is 2.24. The molecule has 0 amide bonds. The Hall–Kier alpha value is -1.69. The first-order chi connectivity index (χ1) is 9.17. The molecule has 2 fully saturated rings. The molecule has 3 rings (SSSR count). The van der Waals surface area contributed by atoms with Gasteiger partial charge in [-0.15, -0.1) is 0 Å². The molecule has 19 heavy (non-hydrogen) atoms. The number of anilines is 2. The van der Waals surface area contributed by atoms with Gasteiger partial charge in [0.25, 0.3) is 0 Å². The third-order valence-corrected chi connectivity index (χ3v) is 4.96. The fourth-order valence-electron chi connectivity index (χ4n) is 3.99. The Balaban J connectivity index is 1.73. The van der Waals surface area contributed by atoms with E-state index in [1.807, 2.05) is 12.1 Å². The van der Waals surface area contributed by atoms with Gasteiger partial charge in [-0.2, -0.15) is 5.26 Å². The van der Waals surface area contributed by atoms with Crippen LogP contribution in [0.4, 0.5) is 11.4 Å². The maximum absolute atomic E-state index is 9.00. The van der Waals surface area contributed by atoms with Gasteiger partial charge in [0.05, 0.1) is 23.0 Å². The highest BCUT2D eigenvalue weighted by Gasteiger charge is 2.39. The summed E-state index contributed by atoms with van der Waals surface area (Å²) in [5.41, 5.74) is 8.50. The topological polar surface area (TPSA) is 53.0 Å². The normalized spacial score (nSPS) is 28.3. The van der Waals surface area contributed by atoms with Gasteiger partial charge in [-0.1, -0.05) is 6.42 Å². The molecule has 0 saturated heterocycles. The molecule has 0 heterocycles. The predicted molar refractivity (Wildman–Crippen MR) is 77.8 cm³/mol. The molecule has 3 unspecified atom stereocenters. The molecule has 2 N–H and O–H groups in total. The van der Waals surface area contributed by atoms with E-state index >= 15 is 0 Å². The van der Waals surface area contributed by atoms with Crippen molar-refractivity contribution in [2.24, 2.45) is 17.8 Å². The molecule has 2 saturated carbocycles. The van der Waals surface area contributed by atoms with Crippen LogP contribution in [0.25, 0.3) is 0 Å². The molecule has 0 spiro atoms. The van der Waals surface area contributed by atoms with Gasteiger partial charge in [-0.25, -0.2) is 0 Å². The van der Waals surface area contributed by atoms with E-state index in [1.165, 1.54) is 25.7 Å². The summed E-state index contributed by atoms with van der Waals surface area (Å²) in [6.07, 6.45) is 5.67. The van der Waals surface area contributed by atoms with E-state index in [4.69, 9.17) is 11.0 Å². The van der Waals surface area contributed by atoms with Crippen LogP contribution >= 0.6 is 0 Å². The van der Waals surface area contributed by atoms with Crippen LogP contribution in [0.15, 0.2) is 18.2 Å². The van der Waals surface area contributed by atoms with Crippen molar-refractivity contribution in [1.29, 1.82) is 5.26 Å². The summed E-state index contributed by atoms with van der Waals surface area (Å²) >= 11 is 0. The van der Waals surface area contributed by atoms with Gasteiger partial charge in [0.1, 0.15) is 0 Å². The number of hydrogen-bond donors (Lipinski definition) is 1. The maximum Gasteiger partial charge on any atom is 0.0992 e. The van der Waals surface area contributed by atoms with Gasteiger partial charge in [0.2, 0.25) is 0 Å². The molecule has 2 aliphatic rings. The molecule has 0 radical (unpaired) electrons. The smallest absolute Gasteiger partial charge is 0.0992 e. The van der Waals surface area contributed by atoms with Crippen molar-refractivity contribution in [3.05, 3.63) is 23.8 Å². The van der Waals surface area contributed by atoms with E-state index in [2.05, 4.69) is 18.0 Å². The zero-order valence-electron chi connectivity index (χ0n) is 11.5. The minimum absolute atomic E-state index is 0.684. The molecule has 1 aromatic rings. The third-order valence-electron chi connectivity index (χ3n) is 4.96. The summed E-state index contributed by atoms with van der Waals surface area (Å²) < 4.78 is 0. The number of nitrogen functional groups attached to an aromatic ring is 1. The van der Waals surface area contributed by atoms with E-state index in [9.17, 15) is 0 Å². The lowest BCUT2D eigenvalue weighted by molar-refractivity contribution is 0.337. The van der Waals surface area contributed by atoms with Crippen molar-refractivity contribution in [3.8, 4) is 6.07 Å². The quantitative estimate of drug-likeness (QED) is 0.845. The molecule has 2 aliphatic carbocycles. The van der Waals surface area contributed by atoms with Gasteiger partial charge < -0.3 is 10.6 Å². The van der Waals surface area contributed by atoms with Crippen molar-refractivity contribution in [1.82, 2.24) is 0 Å². The van der Waals surface area contributed by atoms with Crippen LogP contribution in [0.2, 0.25) is 0 Å². The van der Waals surface area contributed by atoms with Crippen molar-refractivity contribution in [2.75, 3.05) is 24.2 Å². The largest absolute Gasteiger partial charge is 0.397 e. The fraction of sp³-hybridized carbons (Fsp3) is 0.562. The number of nitriles is 1. The number of nitrogens with two attached hydrogens (primary N) is 1. The van der Waals surface area contributed by atoms with E-state index < -0.39 is 0 Å². The van der Waals surface area contributed by atoms with Gasteiger partial charge in [0, 0.05) is 13.6 Å². The van der Waals surface area contributed by atoms with Gasteiger partial charge >= 0.3 is 0 Å². The lowest BCUT2D eigenvalue weighted by Crippen LogP contribution is -2.29. The third kappa shape index (κ3) is 2.28. The SMILES string of the molecule is CN(CC1CC2CCC1C2)c1cc(C#N)ccc1N. The molecule has 0 aliphatic heterocycles. The van der Waals surface area contributed by atoms with Gasteiger partial charge in [-0.05, 0) is 55.2 Å². The van der Waals surface area contributed by atoms with Crippen molar-refractivity contribution >= 4 is 11.4 Å². The highest BCUT2D eigenvalue weighted by Crippen LogP contribution is 2.48. The Labute approximate surface area is 115 Å². The standard InChI is InChI=1S/C16H21N3/c1-19(10-14-7-11-2-4-13(14)6-11)16-8-12(9-17)3-5-15(16)18/h3,5,8,11,13-14H,2,4,6-7,10,18H2,1H3. The number of nitrogens with zero attached hydrogens (tertiary/aromatic N) is 2. The number of benzene rings is 1. The summed E-state index contributed by atoms with van der Waals surface area (Å²) in [6, 6.07) is 7.71. The van der Waals surface area contributed by atoms with Gasteiger partial charge in [-0.3, -0.25) is 0 Å². The lowest BCUT2D eigenvalue weighted by Gasteiger charge is -2.29. The molecule has 2 bridgehead atoms. The van der Waals surface area contributed by atoms with Crippen molar-refractivity contribution in [3.63, 3.8) is 0 Å². The molecule has 0 aromatic heterocycles. The first kappa shape index (κ1) is 12.3. The second-order valence-electron chi connectivity index (χ2n) is 6.20. The van der Waals surface area contributed by atoms with E-state index in [1.54, 1.807) is 6.07 Å². The van der Waals surface area contributed by atoms with Crippen LogP contribution in [0.3, 0.4) is 0 Å². The van der Waals surface area contributed by atoms with Crippen LogP contribution in [0.5, 0.6) is 0 Å². The molecule has 1 aromatic carbocycles. The van der Waals surface area contributed by atoms with Crippen LogP contribution in [0, 0.1) is 29.1 Å². The molecular formula is C16H21N3. The van der Waals surface area contributed by atoms with Crippen LogP contribution in [0.1, 0.15) is 31.2 Å². The average molecular weight is 255 g/mol. The van der Waals surface area contributed by atoms with E-state index in [0.717, 1.165) is 35.7 Å². The lowest BCUT2D eigenvalue weighted by atomic mass is 9.88. The molecule has 3 heteroatoms. The zero-order chi connectivity index (χ0) is 13.4. The van der Waals surface area contributed by atoms with E-state index in [-0.39, 0.29) is 0 Å². The van der Waals surface area contributed by atoms with Crippen LogP contribution < -0.4 is 10.6 Å². The monoisotopic (exact) mass is 255 g/mol. The Morgan fingerprint density at radius 3 is 2.84 bits per heavy atom. The predicted octanol–water partition coefficient (Wildman–Crippen LogP) is 3.01. The number of fused-ring (bicyclic) bond motifs is 2. The summed E-state index contributed by atoms with van der Waals surface area (Å²) in [5.74, 6) is 2.72. The van der Waals surface area contributed by atoms with Crippen molar-refractivity contribution < 1.29 is 0 Å². The summed E-state index contributed by atoms with van der Waals surface area (Å²) in [6.45, 7) is 1.07. The maximum atomic E-state index is 9.00. The summed E-state index contributed by atoms with van der Waals surface area (Å²) in [7, 11) is 2.10. The molecule has 3 atom stereocenters. The molecular weight excluding hydrogens is 234 g/mol. The average Bonchev–Trinajstić information content (AvgIpc) is 3.01. The second kappa shape index (κ2) is 4.77. The highest BCUT2D eigenvalue weighted by molar-refractivity contribution is 5.69. The minimum Gasteiger partial charge on any atom is -0.397 e. The van der Waals surface area contributed by atoms with E-state index in [0.29, 0.717) is 5.56 Å². The van der Waals surface area contributed by atoms with Crippen molar-refractivity contribution in [2.45, 2.75) is 25.7 Å². The van der Waals surface area contributed by atoms with Crippen LogP contribution in [-0.4, -0.2) is 13.6 Å². The first-order valence-electron chi connectivity index (χ1n) is 7.18. The number of rotatable bonds is 3. The molecule has 100 valence electrons. The highest BCUT2D eigenvalue weighted by atomic mass is 15.1.